The lowest BCUT2D eigenvalue weighted by Crippen LogP contribution is -2.17. The second kappa shape index (κ2) is 4.01. The Hall–Kier alpha value is -0.410. The molecule has 12 heavy (non-hydrogen) atoms. The van der Waals surface area contributed by atoms with Crippen molar-refractivity contribution >= 4 is 11.3 Å². The van der Waals surface area contributed by atoms with Gasteiger partial charge >= 0.3 is 0 Å². The van der Waals surface area contributed by atoms with Crippen molar-refractivity contribution in [3.05, 3.63) is 16.1 Å². The van der Waals surface area contributed by atoms with Crippen molar-refractivity contribution in [1.82, 2.24) is 4.98 Å². The molecule has 0 amide bonds. The zero-order chi connectivity index (χ0) is 9.14. The number of hydrogen-bond donors (Lipinski definition) is 1. The summed E-state index contributed by atoms with van der Waals surface area (Å²) in [5.41, 5.74) is 5.68. The highest BCUT2D eigenvalue weighted by atomic mass is 32.1. The third-order valence-corrected chi connectivity index (χ3v) is 2.96. The van der Waals surface area contributed by atoms with E-state index in [2.05, 4.69) is 18.8 Å². The van der Waals surface area contributed by atoms with Crippen molar-refractivity contribution in [2.45, 2.75) is 39.2 Å². The minimum absolute atomic E-state index is 0.219. The molecule has 2 nitrogen and oxygen atoms in total. The molecule has 2 N–H and O–H groups in total. The minimum Gasteiger partial charge on any atom is -0.328 e. The average molecular weight is 184 g/mol. The Labute approximate surface area is 77.8 Å². The van der Waals surface area contributed by atoms with E-state index in [0.717, 1.165) is 11.4 Å². The van der Waals surface area contributed by atoms with Gasteiger partial charge in [0.1, 0.15) is 0 Å². The zero-order valence-corrected chi connectivity index (χ0v) is 8.69. The lowest BCUT2D eigenvalue weighted by atomic mass is 10.2. The van der Waals surface area contributed by atoms with E-state index in [1.165, 1.54) is 4.88 Å². The molecule has 0 saturated heterocycles. The van der Waals surface area contributed by atoms with E-state index in [0.29, 0.717) is 5.92 Å². The summed E-state index contributed by atoms with van der Waals surface area (Å²) in [6.07, 6.45) is 2.87. The van der Waals surface area contributed by atoms with Gasteiger partial charge in [-0.1, -0.05) is 13.8 Å². The van der Waals surface area contributed by atoms with Crippen LogP contribution < -0.4 is 5.73 Å². The molecule has 1 aromatic rings. The first-order chi connectivity index (χ1) is 5.59. The lowest BCUT2D eigenvalue weighted by molar-refractivity contribution is 0.734. The summed E-state index contributed by atoms with van der Waals surface area (Å²) < 4.78 is 0. The van der Waals surface area contributed by atoms with Crippen LogP contribution in [0.3, 0.4) is 0 Å². The Kier molecular flexibility index (Phi) is 3.23. The summed E-state index contributed by atoms with van der Waals surface area (Å²) in [6, 6.07) is 0.219. The Morgan fingerprint density at radius 3 is 2.58 bits per heavy atom. The van der Waals surface area contributed by atoms with E-state index in [4.69, 9.17) is 5.73 Å². The molecule has 0 radical (unpaired) electrons. The van der Waals surface area contributed by atoms with E-state index in [1.807, 2.05) is 13.1 Å². The fraction of sp³-hybridized carbons (Fsp3) is 0.667. The molecular formula is C9H16N2S. The summed E-state index contributed by atoms with van der Waals surface area (Å²) >= 11 is 1.78. The van der Waals surface area contributed by atoms with Crippen LogP contribution in [-0.2, 0) is 6.42 Å². The fourth-order valence-electron chi connectivity index (χ4n) is 0.961. The van der Waals surface area contributed by atoms with E-state index in [1.54, 1.807) is 11.3 Å². The van der Waals surface area contributed by atoms with E-state index >= 15 is 0 Å². The Morgan fingerprint density at radius 1 is 1.50 bits per heavy atom. The molecule has 0 fully saturated rings. The molecule has 68 valence electrons. The van der Waals surface area contributed by atoms with Crippen LogP contribution in [0.4, 0.5) is 0 Å². The van der Waals surface area contributed by atoms with Crippen LogP contribution >= 0.6 is 11.3 Å². The summed E-state index contributed by atoms with van der Waals surface area (Å²) in [7, 11) is 0. The molecule has 0 aliphatic rings. The van der Waals surface area contributed by atoms with Crippen LogP contribution in [0.1, 0.15) is 36.6 Å². The van der Waals surface area contributed by atoms with Crippen LogP contribution in [0.2, 0.25) is 0 Å². The topological polar surface area (TPSA) is 38.9 Å². The highest BCUT2D eigenvalue weighted by Gasteiger charge is 2.06. The Bertz CT molecular complexity index is 240. The predicted octanol–water partition coefficient (Wildman–Crippen LogP) is 2.16. The molecule has 0 spiro atoms. The summed E-state index contributed by atoms with van der Waals surface area (Å²) in [4.78, 5) is 5.67. The Balaban J connectivity index is 2.64. The fourth-order valence-corrected chi connectivity index (χ4v) is 2.03. The van der Waals surface area contributed by atoms with Crippen LogP contribution in [0.15, 0.2) is 6.20 Å². The molecule has 0 saturated carbocycles. The third-order valence-electron chi connectivity index (χ3n) is 1.64. The summed E-state index contributed by atoms with van der Waals surface area (Å²) in [5.74, 6) is 0.587. The van der Waals surface area contributed by atoms with Gasteiger partial charge < -0.3 is 5.73 Å². The van der Waals surface area contributed by atoms with Gasteiger partial charge in [-0.15, -0.1) is 11.3 Å². The van der Waals surface area contributed by atoms with Crippen molar-refractivity contribution in [3.63, 3.8) is 0 Å². The molecule has 1 aromatic heterocycles. The van der Waals surface area contributed by atoms with Gasteiger partial charge in [0.2, 0.25) is 0 Å². The number of rotatable bonds is 3. The molecule has 1 atom stereocenters. The highest BCUT2D eigenvalue weighted by Crippen LogP contribution is 2.22. The quantitative estimate of drug-likeness (QED) is 0.781. The molecule has 0 bridgehead atoms. The monoisotopic (exact) mass is 184 g/mol. The lowest BCUT2D eigenvalue weighted by Gasteiger charge is -1.99. The third kappa shape index (κ3) is 2.57. The van der Waals surface area contributed by atoms with Gasteiger partial charge in [-0.05, 0) is 12.8 Å². The summed E-state index contributed by atoms with van der Waals surface area (Å²) in [6.45, 7) is 6.38. The molecule has 0 aliphatic heterocycles. The van der Waals surface area contributed by atoms with Crippen LogP contribution in [-0.4, -0.2) is 11.0 Å². The summed E-state index contributed by atoms with van der Waals surface area (Å²) in [5, 5.41) is 1.16. The van der Waals surface area contributed by atoms with Crippen LogP contribution in [0.25, 0.3) is 0 Å². The van der Waals surface area contributed by atoms with Crippen LogP contribution in [0, 0.1) is 0 Å². The number of nitrogens with zero attached hydrogens (tertiary/aromatic N) is 1. The molecule has 1 unspecified atom stereocenters. The maximum atomic E-state index is 5.68. The van der Waals surface area contributed by atoms with Crippen LogP contribution in [0.5, 0.6) is 0 Å². The van der Waals surface area contributed by atoms with Crippen molar-refractivity contribution in [2.75, 3.05) is 0 Å². The number of thiazole rings is 1. The highest BCUT2D eigenvalue weighted by molar-refractivity contribution is 7.11. The normalized spacial score (nSPS) is 13.8. The average Bonchev–Trinajstić information content (AvgIpc) is 2.34. The van der Waals surface area contributed by atoms with E-state index < -0.39 is 0 Å². The van der Waals surface area contributed by atoms with Gasteiger partial charge in [0.25, 0.3) is 0 Å². The Morgan fingerprint density at radius 2 is 2.17 bits per heavy atom. The standard InChI is InChI=1S/C9H16N2S/c1-6(2)8-5-11-9(12-8)4-7(3)10/h5-7H,4,10H2,1-3H3. The SMILES string of the molecule is CC(N)Cc1ncc(C(C)C)s1. The van der Waals surface area contributed by atoms with Crippen molar-refractivity contribution in [3.8, 4) is 0 Å². The molecule has 1 heterocycles. The number of nitrogens with two attached hydrogens (primary N) is 1. The molecular weight excluding hydrogens is 168 g/mol. The van der Waals surface area contributed by atoms with Gasteiger partial charge in [0.05, 0.1) is 5.01 Å². The molecule has 0 aromatic carbocycles. The van der Waals surface area contributed by atoms with Gasteiger partial charge in [-0.25, -0.2) is 4.98 Å². The van der Waals surface area contributed by atoms with Gasteiger partial charge in [-0.2, -0.15) is 0 Å². The second-order valence-electron chi connectivity index (χ2n) is 3.49. The number of hydrogen-bond acceptors (Lipinski definition) is 3. The maximum absolute atomic E-state index is 5.68. The molecule has 0 aliphatic carbocycles. The van der Waals surface area contributed by atoms with Crippen molar-refractivity contribution in [2.24, 2.45) is 5.73 Å². The zero-order valence-electron chi connectivity index (χ0n) is 7.87. The largest absolute Gasteiger partial charge is 0.328 e. The second-order valence-corrected chi connectivity index (χ2v) is 4.64. The van der Waals surface area contributed by atoms with Gasteiger partial charge in [-0.3, -0.25) is 0 Å². The van der Waals surface area contributed by atoms with E-state index in [-0.39, 0.29) is 6.04 Å². The maximum Gasteiger partial charge on any atom is 0.0943 e. The first-order valence-electron chi connectivity index (χ1n) is 4.29. The van der Waals surface area contributed by atoms with Gasteiger partial charge in [0.15, 0.2) is 0 Å². The molecule has 3 heteroatoms. The predicted molar refractivity (Wildman–Crippen MR) is 53.6 cm³/mol. The number of aromatic nitrogens is 1. The van der Waals surface area contributed by atoms with Crippen molar-refractivity contribution in [1.29, 1.82) is 0 Å². The molecule has 1 rings (SSSR count). The first kappa shape index (κ1) is 9.68. The van der Waals surface area contributed by atoms with E-state index in [9.17, 15) is 0 Å². The minimum atomic E-state index is 0.219. The van der Waals surface area contributed by atoms with Gasteiger partial charge in [0, 0.05) is 23.5 Å². The van der Waals surface area contributed by atoms with Crippen molar-refractivity contribution < 1.29 is 0 Å². The smallest absolute Gasteiger partial charge is 0.0943 e. The first-order valence-corrected chi connectivity index (χ1v) is 5.11.